The zero-order valence-electron chi connectivity index (χ0n) is 15.2. The molecule has 29 heavy (non-hydrogen) atoms. The zero-order chi connectivity index (χ0) is 20.5. The molecule has 0 bridgehead atoms. The molecule has 0 atom stereocenters. The molecular weight excluding hydrogens is 381 g/mol. The number of rotatable bonds is 4. The largest absolute Gasteiger partial charge is 0.508 e. The molecular formula is C22H15F3N2O2. The van der Waals surface area contributed by atoms with E-state index in [9.17, 15) is 18.3 Å². The van der Waals surface area contributed by atoms with E-state index in [0.29, 0.717) is 16.8 Å². The van der Waals surface area contributed by atoms with Crippen molar-refractivity contribution in [3.05, 3.63) is 84.3 Å². The highest BCUT2D eigenvalue weighted by atomic mass is 19.1. The average molecular weight is 396 g/mol. The predicted molar refractivity (Wildman–Crippen MR) is 105 cm³/mol. The molecule has 0 radical (unpaired) electrons. The first-order valence-electron chi connectivity index (χ1n) is 8.66. The number of anilines is 2. The Morgan fingerprint density at radius 2 is 1.76 bits per heavy atom. The van der Waals surface area contributed by atoms with E-state index in [1.807, 2.05) is 0 Å². The van der Waals surface area contributed by atoms with E-state index in [-0.39, 0.29) is 23.1 Å². The summed E-state index contributed by atoms with van der Waals surface area (Å²) in [6.45, 7) is 0. The van der Waals surface area contributed by atoms with E-state index < -0.39 is 17.5 Å². The van der Waals surface area contributed by atoms with Crippen molar-refractivity contribution in [2.45, 2.75) is 0 Å². The second-order valence-corrected chi connectivity index (χ2v) is 6.40. The average Bonchev–Trinajstić information content (AvgIpc) is 2.65. The Balaban J connectivity index is 1.75. The third-order valence-electron chi connectivity index (χ3n) is 4.45. The van der Waals surface area contributed by atoms with Gasteiger partial charge >= 0.3 is 0 Å². The van der Waals surface area contributed by atoms with Crippen LogP contribution in [-0.4, -0.2) is 18.1 Å². The molecule has 1 heterocycles. The van der Waals surface area contributed by atoms with Gasteiger partial charge in [0.15, 0.2) is 11.6 Å². The van der Waals surface area contributed by atoms with Crippen LogP contribution in [0.5, 0.6) is 11.5 Å². The number of aliphatic imine (C=N–C) groups is 1. The molecule has 4 rings (SSSR count). The van der Waals surface area contributed by atoms with Crippen LogP contribution in [0.3, 0.4) is 0 Å². The highest BCUT2D eigenvalue weighted by Gasteiger charge is 2.21. The fraction of sp³-hybridized carbons (Fsp3) is 0.0455. The van der Waals surface area contributed by atoms with Crippen LogP contribution in [0.1, 0.15) is 0 Å². The van der Waals surface area contributed by atoms with Crippen molar-refractivity contribution in [3.63, 3.8) is 0 Å². The molecule has 0 spiro atoms. The molecule has 0 fully saturated rings. The summed E-state index contributed by atoms with van der Waals surface area (Å²) in [4.78, 5) is 5.05. The molecule has 3 aromatic carbocycles. The maximum absolute atomic E-state index is 15.0. The number of ether oxygens (including phenoxy) is 1. The van der Waals surface area contributed by atoms with Crippen molar-refractivity contribution >= 4 is 17.3 Å². The van der Waals surface area contributed by atoms with E-state index in [2.05, 4.69) is 4.99 Å². The summed E-state index contributed by atoms with van der Waals surface area (Å²) in [7, 11) is 1.45. The van der Waals surface area contributed by atoms with Gasteiger partial charge in [0.25, 0.3) is 0 Å². The van der Waals surface area contributed by atoms with Crippen molar-refractivity contribution in [3.8, 4) is 22.6 Å². The lowest BCUT2D eigenvalue weighted by Gasteiger charge is -2.23. The Morgan fingerprint density at radius 1 is 0.966 bits per heavy atom. The van der Waals surface area contributed by atoms with Gasteiger partial charge in [-0.25, -0.2) is 18.2 Å². The molecule has 4 nitrogen and oxygen atoms in total. The molecule has 1 aliphatic heterocycles. The van der Waals surface area contributed by atoms with Crippen LogP contribution in [0.2, 0.25) is 0 Å². The Hall–Kier alpha value is -3.74. The first-order valence-corrected chi connectivity index (χ1v) is 8.66. The van der Waals surface area contributed by atoms with Crippen LogP contribution < -0.4 is 9.64 Å². The van der Waals surface area contributed by atoms with Gasteiger partial charge in [-0.1, -0.05) is 12.1 Å². The fourth-order valence-corrected chi connectivity index (χ4v) is 2.97. The molecule has 1 aliphatic rings. The molecule has 0 amide bonds. The molecule has 1 N–H and O–H groups in total. The summed E-state index contributed by atoms with van der Waals surface area (Å²) in [5.74, 6) is -2.24. The Bertz CT molecular complexity index is 1160. The SMILES string of the molecule is CN(c1cc(O)cc(-c2cccc(F)c2)c1)c1c(F)ccc(OC2=NC=C2)c1F. The Morgan fingerprint density at radius 3 is 2.45 bits per heavy atom. The van der Waals surface area contributed by atoms with Crippen LogP contribution in [0, 0.1) is 17.5 Å². The number of phenolic OH excluding ortho intramolecular Hbond substituents is 1. The van der Waals surface area contributed by atoms with E-state index >= 15 is 0 Å². The van der Waals surface area contributed by atoms with Gasteiger partial charge < -0.3 is 14.7 Å². The minimum absolute atomic E-state index is 0.129. The van der Waals surface area contributed by atoms with E-state index in [1.165, 1.54) is 54.5 Å². The van der Waals surface area contributed by atoms with Crippen molar-refractivity contribution in [1.29, 1.82) is 0 Å². The number of aromatic hydroxyl groups is 1. The molecule has 3 aromatic rings. The highest BCUT2D eigenvalue weighted by molar-refractivity contribution is 5.94. The van der Waals surface area contributed by atoms with Crippen molar-refractivity contribution < 1.29 is 23.0 Å². The van der Waals surface area contributed by atoms with E-state index in [1.54, 1.807) is 18.2 Å². The maximum Gasteiger partial charge on any atom is 0.220 e. The number of hydrogen-bond donors (Lipinski definition) is 1. The third-order valence-corrected chi connectivity index (χ3v) is 4.45. The maximum atomic E-state index is 15.0. The van der Waals surface area contributed by atoms with Gasteiger partial charge in [0.1, 0.15) is 23.1 Å². The first-order chi connectivity index (χ1) is 13.9. The lowest BCUT2D eigenvalue weighted by atomic mass is 10.0. The van der Waals surface area contributed by atoms with Crippen molar-refractivity contribution in [2.75, 3.05) is 11.9 Å². The van der Waals surface area contributed by atoms with Crippen LogP contribution in [0.25, 0.3) is 11.1 Å². The van der Waals surface area contributed by atoms with Gasteiger partial charge in [-0.05, 0) is 47.5 Å². The number of halogens is 3. The van der Waals surface area contributed by atoms with Gasteiger partial charge in [0, 0.05) is 31.1 Å². The van der Waals surface area contributed by atoms with Crippen LogP contribution in [0.4, 0.5) is 24.5 Å². The standard InChI is InChI=1S/C22H15F3N2O2/c1-27(22-18(24)5-6-19(21(22)25)29-20-7-8-26-20)16-10-14(11-17(28)12-16)13-3-2-4-15(23)9-13/h2-12,28H,1H3. The van der Waals surface area contributed by atoms with Crippen LogP contribution in [-0.2, 0) is 0 Å². The minimum Gasteiger partial charge on any atom is -0.508 e. The van der Waals surface area contributed by atoms with E-state index in [0.717, 1.165) is 6.07 Å². The minimum atomic E-state index is -0.911. The normalized spacial score (nSPS) is 12.3. The monoisotopic (exact) mass is 396 g/mol. The molecule has 0 saturated carbocycles. The summed E-state index contributed by atoms with van der Waals surface area (Å²) in [5.41, 5.74) is 0.958. The van der Waals surface area contributed by atoms with Crippen LogP contribution >= 0.6 is 0 Å². The predicted octanol–water partition coefficient (Wildman–Crippen LogP) is 5.55. The topological polar surface area (TPSA) is 45.1 Å². The first kappa shape index (κ1) is 18.6. The summed E-state index contributed by atoms with van der Waals surface area (Å²) in [6.07, 6.45) is 3.04. The fourth-order valence-electron chi connectivity index (χ4n) is 2.97. The Kier molecular flexibility index (Phi) is 4.72. The van der Waals surface area contributed by atoms with Gasteiger partial charge in [-0.2, -0.15) is 0 Å². The smallest absolute Gasteiger partial charge is 0.220 e. The Labute approximate surface area is 164 Å². The van der Waals surface area contributed by atoms with Crippen molar-refractivity contribution in [2.24, 2.45) is 4.99 Å². The lowest BCUT2D eigenvalue weighted by Crippen LogP contribution is -2.16. The summed E-state index contributed by atoms with van der Waals surface area (Å²) in [6, 6.07) is 12.5. The van der Waals surface area contributed by atoms with Gasteiger partial charge in [-0.3, -0.25) is 0 Å². The van der Waals surface area contributed by atoms with E-state index in [4.69, 9.17) is 4.74 Å². The number of nitrogens with zero attached hydrogens (tertiary/aromatic N) is 2. The summed E-state index contributed by atoms with van der Waals surface area (Å²) in [5, 5.41) is 10.1. The molecule has 146 valence electrons. The number of hydrogen-bond acceptors (Lipinski definition) is 4. The summed E-state index contributed by atoms with van der Waals surface area (Å²) >= 11 is 0. The molecule has 0 saturated heterocycles. The van der Waals surface area contributed by atoms with Gasteiger partial charge in [-0.15, -0.1) is 0 Å². The second kappa shape index (κ2) is 7.35. The number of phenols is 1. The van der Waals surface area contributed by atoms with Crippen molar-refractivity contribution in [1.82, 2.24) is 0 Å². The third kappa shape index (κ3) is 3.67. The van der Waals surface area contributed by atoms with Crippen LogP contribution in [0.15, 0.2) is 71.9 Å². The highest BCUT2D eigenvalue weighted by Crippen LogP contribution is 2.37. The molecule has 0 unspecified atom stereocenters. The summed E-state index contributed by atoms with van der Waals surface area (Å²) < 4.78 is 48.3. The second-order valence-electron chi connectivity index (χ2n) is 6.40. The molecule has 7 heteroatoms. The van der Waals surface area contributed by atoms with Gasteiger partial charge in [0.05, 0.1) is 0 Å². The quantitative estimate of drug-likeness (QED) is 0.629. The number of benzene rings is 3. The lowest BCUT2D eigenvalue weighted by molar-refractivity contribution is 0.475. The molecule has 0 aromatic heterocycles. The zero-order valence-corrected chi connectivity index (χ0v) is 15.2. The molecule has 0 aliphatic carbocycles. The van der Waals surface area contributed by atoms with Gasteiger partial charge in [0.2, 0.25) is 5.90 Å².